The molecule has 0 aliphatic heterocycles. The molecule has 0 spiro atoms. The molecule has 0 aromatic heterocycles. The molecule has 1 aromatic carbocycles. The lowest BCUT2D eigenvalue weighted by Gasteiger charge is -2.13. The molecule has 3 heteroatoms. The average Bonchev–Trinajstić information content (AvgIpc) is 2.32. The molecule has 0 saturated carbocycles. The third kappa shape index (κ3) is 5.71. The summed E-state index contributed by atoms with van der Waals surface area (Å²) in [6, 6.07) is 8.47. The summed E-state index contributed by atoms with van der Waals surface area (Å²) >= 11 is 0. The first-order valence-corrected chi connectivity index (χ1v) is 6.69. The second kappa shape index (κ2) is 7.75. The molecule has 0 atom stereocenters. The van der Waals surface area contributed by atoms with E-state index in [4.69, 9.17) is 0 Å². The van der Waals surface area contributed by atoms with Crippen LogP contribution in [0.4, 0.5) is 0 Å². The number of hydrogen-bond acceptors (Lipinski definition) is 1. The van der Waals surface area contributed by atoms with E-state index in [0.29, 0.717) is 5.92 Å². The highest BCUT2D eigenvalue weighted by Crippen LogP contribution is 2.04. The first-order valence-electron chi connectivity index (χ1n) is 6.69. The SMILES string of the molecule is CCNC(=NCc1cccc(C)c1)NCC(C)C. The molecule has 100 valence electrons. The number of rotatable bonds is 5. The standard InChI is InChI=1S/C15H25N3/c1-5-16-15(17-10-12(2)3)18-11-14-8-6-7-13(4)9-14/h6-9,12H,5,10-11H2,1-4H3,(H2,16,17,18). The molecule has 0 aliphatic rings. The second-order valence-corrected chi connectivity index (χ2v) is 4.96. The fraction of sp³-hybridized carbons (Fsp3) is 0.533. The van der Waals surface area contributed by atoms with Crippen molar-refractivity contribution in [1.29, 1.82) is 0 Å². The van der Waals surface area contributed by atoms with Gasteiger partial charge in [-0.3, -0.25) is 0 Å². The maximum atomic E-state index is 4.59. The number of guanidine groups is 1. The lowest BCUT2D eigenvalue weighted by molar-refractivity contribution is 0.615. The van der Waals surface area contributed by atoms with Crippen LogP contribution in [-0.2, 0) is 6.54 Å². The number of nitrogens with zero attached hydrogens (tertiary/aromatic N) is 1. The molecule has 0 fully saturated rings. The summed E-state index contributed by atoms with van der Waals surface area (Å²) in [5.41, 5.74) is 2.53. The van der Waals surface area contributed by atoms with Crippen molar-refractivity contribution in [2.75, 3.05) is 13.1 Å². The number of hydrogen-bond donors (Lipinski definition) is 2. The van der Waals surface area contributed by atoms with Crippen molar-refractivity contribution in [3.63, 3.8) is 0 Å². The molecule has 0 amide bonds. The summed E-state index contributed by atoms with van der Waals surface area (Å²) in [5.74, 6) is 1.51. The monoisotopic (exact) mass is 247 g/mol. The molecule has 1 aromatic rings. The zero-order valence-corrected chi connectivity index (χ0v) is 12.0. The largest absolute Gasteiger partial charge is 0.357 e. The zero-order valence-electron chi connectivity index (χ0n) is 12.0. The van der Waals surface area contributed by atoms with Crippen LogP contribution in [0.3, 0.4) is 0 Å². The fourth-order valence-corrected chi connectivity index (χ4v) is 1.62. The van der Waals surface area contributed by atoms with Gasteiger partial charge in [0, 0.05) is 13.1 Å². The Hall–Kier alpha value is -1.51. The molecule has 18 heavy (non-hydrogen) atoms. The fourth-order valence-electron chi connectivity index (χ4n) is 1.62. The smallest absolute Gasteiger partial charge is 0.191 e. The third-order valence-electron chi connectivity index (χ3n) is 2.52. The van der Waals surface area contributed by atoms with E-state index in [2.05, 4.69) is 67.6 Å². The normalized spacial score (nSPS) is 11.7. The van der Waals surface area contributed by atoms with Gasteiger partial charge in [0.25, 0.3) is 0 Å². The van der Waals surface area contributed by atoms with Crippen LogP contribution in [-0.4, -0.2) is 19.0 Å². The third-order valence-corrected chi connectivity index (χ3v) is 2.52. The van der Waals surface area contributed by atoms with Crippen LogP contribution in [0.1, 0.15) is 31.9 Å². The van der Waals surface area contributed by atoms with E-state index >= 15 is 0 Å². The lowest BCUT2D eigenvalue weighted by Crippen LogP contribution is -2.39. The van der Waals surface area contributed by atoms with Gasteiger partial charge in [0.15, 0.2) is 5.96 Å². The number of nitrogens with one attached hydrogen (secondary N) is 2. The van der Waals surface area contributed by atoms with E-state index in [9.17, 15) is 0 Å². The van der Waals surface area contributed by atoms with Gasteiger partial charge in [-0.05, 0) is 25.3 Å². The van der Waals surface area contributed by atoms with Crippen molar-refractivity contribution >= 4 is 5.96 Å². The lowest BCUT2D eigenvalue weighted by atomic mass is 10.1. The molecule has 2 N–H and O–H groups in total. The summed E-state index contributed by atoms with van der Waals surface area (Å²) in [4.78, 5) is 4.59. The topological polar surface area (TPSA) is 36.4 Å². The van der Waals surface area contributed by atoms with Crippen molar-refractivity contribution in [2.24, 2.45) is 10.9 Å². The van der Waals surface area contributed by atoms with E-state index in [1.807, 2.05) is 0 Å². The molecule has 0 unspecified atom stereocenters. The van der Waals surface area contributed by atoms with Crippen LogP contribution in [0.5, 0.6) is 0 Å². The predicted octanol–water partition coefficient (Wildman–Crippen LogP) is 2.71. The van der Waals surface area contributed by atoms with E-state index in [1.165, 1.54) is 11.1 Å². The molecule has 0 aliphatic carbocycles. The van der Waals surface area contributed by atoms with E-state index in [0.717, 1.165) is 25.6 Å². The molecular weight excluding hydrogens is 222 g/mol. The van der Waals surface area contributed by atoms with Gasteiger partial charge in [0.1, 0.15) is 0 Å². The zero-order chi connectivity index (χ0) is 13.4. The van der Waals surface area contributed by atoms with Crippen molar-refractivity contribution < 1.29 is 0 Å². The summed E-state index contributed by atoms with van der Waals surface area (Å²) in [5, 5.41) is 6.61. The van der Waals surface area contributed by atoms with Crippen LogP contribution in [0.2, 0.25) is 0 Å². The van der Waals surface area contributed by atoms with Gasteiger partial charge in [-0.1, -0.05) is 43.7 Å². The Morgan fingerprint density at radius 3 is 2.67 bits per heavy atom. The molecular formula is C15H25N3. The van der Waals surface area contributed by atoms with Gasteiger partial charge in [-0.2, -0.15) is 0 Å². The highest BCUT2D eigenvalue weighted by atomic mass is 15.2. The van der Waals surface area contributed by atoms with Crippen LogP contribution < -0.4 is 10.6 Å². The number of aryl methyl sites for hydroxylation is 1. The maximum Gasteiger partial charge on any atom is 0.191 e. The van der Waals surface area contributed by atoms with Crippen LogP contribution in [0.25, 0.3) is 0 Å². The Bertz CT molecular complexity index is 383. The Labute approximate surface area is 111 Å². The van der Waals surface area contributed by atoms with Gasteiger partial charge >= 0.3 is 0 Å². The number of aliphatic imine (C=N–C) groups is 1. The average molecular weight is 247 g/mol. The Kier molecular flexibility index (Phi) is 6.26. The van der Waals surface area contributed by atoms with Crippen LogP contribution in [0, 0.1) is 12.8 Å². The van der Waals surface area contributed by atoms with Gasteiger partial charge in [-0.25, -0.2) is 4.99 Å². The summed E-state index contributed by atoms with van der Waals surface area (Å²) in [6.07, 6.45) is 0. The first kappa shape index (κ1) is 14.6. The molecule has 3 nitrogen and oxygen atoms in total. The summed E-state index contributed by atoms with van der Waals surface area (Å²) in [6.45, 7) is 11.1. The minimum atomic E-state index is 0.618. The summed E-state index contributed by atoms with van der Waals surface area (Å²) in [7, 11) is 0. The molecule has 0 heterocycles. The van der Waals surface area contributed by atoms with Gasteiger partial charge < -0.3 is 10.6 Å². The second-order valence-electron chi connectivity index (χ2n) is 4.96. The quantitative estimate of drug-likeness (QED) is 0.620. The maximum absolute atomic E-state index is 4.59. The Morgan fingerprint density at radius 1 is 1.28 bits per heavy atom. The van der Waals surface area contributed by atoms with Gasteiger partial charge in [0.2, 0.25) is 0 Å². The Balaban J connectivity index is 2.59. The van der Waals surface area contributed by atoms with Crippen molar-refractivity contribution in [3.8, 4) is 0 Å². The molecule has 0 saturated heterocycles. The van der Waals surface area contributed by atoms with E-state index in [-0.39, 0.29) is 0 Å². The van der Waals surface area contributed by atoms with Gasteiger partial charge in [-0.15, -0.1) is 0 Å². The van der Waals surface area contributed by atoms with Gasteiger partial charge in [0.05, 0.1) is 6.54 Å². The highest BCUT2D eigenvalue weighted by Gasteiger charge is 1.99. The molecule has 0 radical (unpaired) electrons. The van der Waals surface area contributed by atoms with Crippen LogP contribution in [0.15, 0.2) is 29.3 Å². The van der Waals surface area contributed by atoms with E-state index < -0.39 is 0 Å². The van der Waals surface area contributed by atoms with Crippen molar-refractivity contribution in [1.82, 2.24) is 10.6 Å². The van der Waals surface area contributed by atoms with Crippen LogP contribution >= 0.6 is 0 Å². The first-order chi connectivity index (χ1) is 8.61. The number of benzene rings is 1. The molecule has 1 rings (SSSR count). The summed E-state index contributed by atoms with van der Waals surface area (Å²) < 4.78 is 0. The van der Waals surface area contributed by atoms with E-state index in [1.54, 1.807) is 0 Å². The minimum Gasteiger partial charge on any atom is -0.357 e. The highest BCUT2D eigenvalue weighted by molar-refractivity contribution is 5.79. The minimum absolute atomic E-state index is 0.618. The Morgan fingerprint density at radius 2 is 2.06 bits per heavy atom. The van der Waals surface area contributed by atoms with Crippen molar-refractivity contribution in [2.45, 2.75) is 34.2 Å². The predicted molar refractivity (Wildman–Crippen MR) is 78.8 cm³/mol. The molecule has 0 bridgehead atoms. The van der Waals surface area contributed by atoms with Crippen molar-refractivity contribution in [3.05, 3.63) is 35.4 Å².